The van der Waals surface area contributed by atoms with Crippen molar-refractivity contribution in [1.29, 1.82) is 0 Å². The summed E-state index contributed by atoms with van der Waals surface area (Å²) in [5.74, 6) is -0.763. The molecule has 5 heteroatoms. The van der Waals surface area contributed by atoms with Gasteiger partial charge >= 0.3 is 0 Å². The molecular weight excluding hydrogens is 288 g/mol. The topological polar surface area (TPSA) is 49.4 Å². The summed E-state index contributed by atoms with van der Waals surface area (Å²) in [6, 6.07) is 18.6. The predicted octanol–water partition coefficient (Wildman–Crippen LogP) is 2.71. The summed E-state index contributed by atoms with van der Waals surface area (Å²) in [4.78, 5) is 25.2. The van der Waals surface area contributed by atoms with E-state index in [0.717, 1.165) is 11.4 Å². The Morgan fingerprint density at radius 2 is 1.38 bits per heavy atom. The fraction of sp³-hybridized carbons (Fsp3) is 0.125. The molecule has 0 aliphatic rings. The molecule has 0 aromatic heterocycles. The van der Waals surface area contributed by atoms with Gasteiger partial charge in [0.05, 0.1) is 6.54 Å². The molecule has 4 nitrogen and oxygen atoms in total. The lowest BCUT2D eigenvalue weighted by Crippen LogP contribution is -2.38. The smallest absolute Gasteiger partial charge is 0.250 e. The van der Waals surface area contributed by atoms with E-state index in [4.69, 9.17) is 11.6 Å². The van der Waals surface area contributed by atoms with Crippen LogP contribution in [0.25, 0.3) is 0 Å². The number of rotatable bonds is 5. The first-order chi connectivity index (χ1) is 10.2. The van der Waals surface area contributed by atoms with E-state index in [1.54, 1.807) is 4.90 Å². The average molecular weight is 303 g/mol. The summed E-state index contributed by atoms with van der Waals surface area (Å²) in [7, 11) is 0. The highest BCUT2D eigenvalue weighted by Crippen LogP contribution is 2.24. The minimum Gasteiger partial charge on any atom is -0.346 e. The molecule has 0 aliphatic carbocycles. The van der Waals surface area contributed by atoms with E-state index in [1.807, 2.05) is 60.7 Å². The number of benzene rings is 2. The fourth-order valence-corrected chi connectivity index (χ4v) is 1.99. The molecule has 0 saturated carbocycles. The molecule has 0 saturated heterocycles. The van der Waals surface area contributed by atoms with Gasteiger partial charge in [-0.1, -0.05) is 36.4 Å². The zero-order valence-electron chi connectivity index (χ0n) is 11.3. The molecule has 2 amide bonds. The fourth-order valence-electron chi connectivity index (χ4n) is 1.89. The lowest BCUT2D eigenvalue weighted by Gasteiger charge is -2.23. The average Bonchev–Trinajstić information content (AvgIpc) is 2.55. The molecule has 108 valence electrons. The van der Waals surface area contributed by atoms with Crippen LogP contribution in [-0.4, -0.2) is 24.2 Å². The summed E-state index contributed by atoms with van der Waals surface area (Å²) in [5.41, 5.74) is 1.49. The van der Waals surface area contributed by atoms with Gasteiger partial charge in [0.2, 0.25) is 5.91 Å². The minimum absolute atomic E-state index is 0.102. The van der Waals surface area contributed by atoms with Gasteiger partial charge in [-0.05, 0) is 24.3 Å². The Morgan fingerprint density at radius 1 is 0.905 bits per heavy atom. The van der Waals surface area contributed by atoms with E-state index >= 15 is 0 Å². The van der Waals surface area contributed by atoms with Gasteiger partial charge in [0.15, 0.2) is 0 Å². The molecule has 0 radical (unpaired) electrons. The van der Waals surface area contributed by atoms with Crippen LogP contribution in [0, 0.1) is 0 Å². The van der Waals surface area contributed by atoms with Crippen LogP contribution in [-0.2, 0) is 9.59 Å². The largest absolute Gasteiger partial charge is 0.346 e. The molecule has 0 bridgehead atoms. The number of anilines is 2. The monoisotopic (exact) mass is 302 g/mol. The van der Waals surface area contributed by atoms with Gasteiger partial charge in [-0.15, -0.1) is 11.6 Å². The zero-order valence-corrected chi connectivity index (χ0v) is 12.1. The van der Waals surface area contributed by atoms with Gasteiger partial charge in [0.25, 0.3) is 5.91 Å². The van der Waals surface area contributed by atoms with E-state index in [-0.39, 0.29) is 24.2 Å². The lowest BCUT2D eigenvalue weighted by molar-refractivity contribution is -0.123. The van der Waals surface area contributed by atoms with Crippen molar-refractivity contribution in [3.8, 4) is 0 Å². The van der Waals surface area contributed by atoms with Gasteiger partial charge in [-0.2, -0.15) is 0 Å². The summed E-state index contributed by atoms with van der Waals surface area (Å²) < 4.78 is 0. The third-order valence-electron chi connectivity index (χ3n) is 2.84. The van der Waals surface area contributed by atoms with Crippen molar-refractivity contribution >= 4 is 34.8 Å². The Labute approximate surface area is 128 Å². The van der Waals surface area contributed by atoms with Gasteiger partial charge in [-0.3, -0.25) is 14.5 Å². The van der Waals surface area contributed by atoms with Gasteiger partial charge in [0.1, 0.15) is 5.88 Å². The first-order valence-corrected chi connectivity index (χ1v) is 7.01. The van der Waals surface area contributed by atoms with Crippen LogP contribution in [0.3, 0.4) is 0 Å². The second kappa shape index (κ2) is 7.45. The molecular formula is C16H15ClN2O2. The second-order valence-corrected chi connectivity index (χ2v) is 4.58. The van der Waals surface area contributed by atoms with Crippen molar-refractivity contribution in [3.05, 3.63) is 60.7 Å². The Kier molecular flexibility index (Phi) is 5.35. The number of para-hydroxylation sites is 2. The van der Waals surface area contributed by atoms with Crippen molar-refractivity contribution in [3.63, 3.8) is 0 Å². The lowest BCUT2D eigenvalue weighted by atomic mass is 10.2. The summed E-state index contributed by atoms with van der Waals surface area (Å²) in [6.07, 6.45) is 0. The SMILES string of the molecule is O=C(CCl)NCC(=O)N(c1ccccc1)c1ccccc1. The Morgan fingerprint density at radius 3 is 1.81 bits per heavy atom. The number of alkyl halides is 1. The Bertz CT molecular complexity index is 563. The first kappa shape index (κ1) is 15.1. The maximum atomic E-state index is 12.4. The van der Waals surface area contributed by atoms with Crippen LogP contribution in [0.5, 0.6) is 0 Å². The molecule has 0 fully saturated rings. The molecule has 0 spiro atoms. The number of amides is 2. The molecule has 0 aliphatic heterocycles. The third-order valence-corrected chi connectivity index (χ3v) is 3.08. The van der Waals surface area contributed by atoms with Crippen LogP contribution in [0.15, 0.2) is 60.7 Å². The van der Waals surface area contributed by atoms with Gasteiger partial charge in [0, 0.05) is 11.4 Å². The maximum Gasteiger partial charge on any atom is 0.250 e. The maximum absolute atomic E-state index is 12.4. The minimum atomic E-state index is -0.369. The summed E-state index contributed by atoms with van der Waals surface area (Å²) >= 11 is 5.41. The molecule has 2 aromatic carbocycles. The summed E-state index contributed by atoms with van der Waals surface area (Å²) in [6.45, 7) is -0.102. The van der Waals surface area contributed by atoms with Gasteiger partial charge < -0.3 is 5.32 Å². The quantitative estimate of drug-likeness (QED) is 0.863. The highest BCUT2D eigenvalue weighted by molar-refractivity contribution is 6.27. The normalized spacial score (nSPS) is 9.95. The van der Waals surface area contributed by atoms with E-state index < -0.39 is 0 Å². The number of carbonyl (C=O) groups is 2. The Balaban J connectivity index is 2.25. The number of carbonyl (C=O) groups excluding carboxylic acids is 2. The number of hydrogen-bond acceptors (Lipinski definition) is 2. The third kappa shape index (κ3) is 4.07. The van der Waals surface area contributed by atoms with Crippen molar-refractivity contribution < 1.29 is 9.59 Å². The number of nitrogens with one attached hydrogen (secondary N) is 1. The molecule has 1 N–H and O–H groups in total. The van der Waals surface area contributed by atoms with Gasteiger partial charge in [-0.25, -0.2) is 0 Å². The van der Waals surface area contributed by atoms with Crippen molar-refractivity contribution in [2.75, 3.05) is 17.3 Å². The number of hydrogen-bond donors (Lipinski definition) is 1. The van der Waals surface area contributed by atoms with Crippen LogP contribution in [0.4, 0.5) is 11.4 Å². The van der Waals surface area contributed by atoms with Crippen molar-refractivity contribution in [2.24, 2.45) is 0 Å². The van der Waals surface area contributed by atoms with Crippen molar-refractivity contribution in [1.82, 2.24) is 5.32 Å². The molecule has 2 rings (SSSR count). The molecule has 21 heavy (non-hydrogen) atoms. The molecule has 0 unspecified atom stereocenters. The van der Waals surface area contributed by atoms with E-state index in [1.165, 1.54) is 0 Å². The van der Waals surface area contributed by atoms with Crippen molar-refractivity contribution in [2.45, 2.75) is 0 Å². The van der Waals surface area contributed by atoms with Crippen LogP contribution < -0.4 is 10.2 Å². The predicted molar refractivity (Wildman–Crippen MR) is 83.8 cm³/mol. The highest BCUT2D eigenvalue weighted by atomic mass is 35.5. The molecule has 0 atom stereocenters. The molecule has 2 aromatic rings. The van der Waals surface area contributed by atoms with E-state index in [2.05, 4.69) is 5.32 Å². The highest BCUT2D eigenvalue weighted by Gasteiger charge is 2.17. The number of halogens is 1. The van der Waals surface area contributed by atoms with E-state index in [9.17, 15) is 9.59 Å². The van der Waals surface area contributed by atoms with Crippen LogP contribution >= 0.6 is 11.6 Å². The standard InChI is InChI=1S/C16H15ClN2O2/c17-11-15(20)18-12-16(21)19(13-7-3-1-4-8-13)14-9-5-2-6-10-14/h1-10H,11-12H2,(H,18,20). The second-order valence-electron chi connectivity index (χ2n) is 4.31. The number of nitrogens with zero attached hydrogens (tertiary/aromatic N) is 1. The van der Waals surface area contributed by atoms with Crippen LogP contribution in [0.1, 0.15) is 0 Å². The first-order valence-electron chi connectivity index (χ1n) is 6.48. The molecule has 0 heterocycles. The summed E-state index contributed by atoms with van der Waals surface area (Å²) in [5, 5.41) is 2.49. The Hall–Kier alpha value is -2.33. The zero-order chi connectivity index (χ0) is 15.1. The van der Waals surface area contributed by atoms with E-state index in [0.29, 0.717) is 0 Å². The van der Waals surface area contributed by atoms with Crippen LogP contribution in [0.2, 0.25) is 0 Å².